The lowest BCUT2D eigenvalue weighted by Gasteiger charge is -2.14. The average Bonchev–Trinajstić information content (AvgIpc) is 2.82. The summed E-state index contributed by atoms with van der Waals surface area (Å²) >= 11 is 0. The van der Waals surface area contributed by atoms with Gasteiger partial charge in [-0.25, -0.2) is 14.8 Å². The molecule has 33 heavy (non-hydrogen) atoms. The van der Waals surface area contributed by atoms with E-state index >= 15 is 0 Å². The molecule has 0 aliphatic carbocycles. The number of rotatable bonds is 7. The van der Waals surface area contributed by atoms with Gasteiger partial charge in [0, 0.05) is 11.9 Å². The Hall–Kier alpha value is -4.07. The number of para-hydroxylation sites is 2. The predicted molar refractivity (Wildman–Crippen MR) is 123 cm³/mol. The number of carbonyl (C=O) groups is 2. The van der Waals surface area contributed by atoms with Gasteiger partial charge in [0.2, 0.25) is 0 Å². The first-order valence-corrected chi connectivity index (χ1v) is 10.6. The van der Waals surface area contributed by atoms with Crippen molar-refractivity contribution in [3.8, 4) is 0 Å². The van der Waals surface area contributed by atoms with Crippen LogP contribution in [0.1, 0.15) is 35.0 Å². The zero-order chi connectivity index (χ0) is 23.4. The van der Waals surface area contributed by atoms with E-state index < -0.39 is 11.9 Å². The van der Waals surface area contributed by atoms with E-state index in [2.05, 4.69) is 9.97 Å². The summed E-state index contributed by atoms with van der Waals surface area (Å²) in [5.41, 5.74) is 2.44. The van der Waals surface area contributed by atoms with E-state index in [1.807, 2.05) is 37.3 Å². The van der Waals surface area contributed by atoms with Crippen LogP contribution in [0.2, 0.25) is 0 Å². The smallest absolute Gasteiger partial charge is 0.340 e. The number of ether oxygens (including phenoxy) is 2. The molecule has 0 saturated heterocycles. The number of esters is 2. The molecule has 0 saturated carbocycles. The second-order valence-electron chi connectivity index (χ2n) is 7.47. The first-order chi connectivity index (χ1) is 16.0. The molecule has 0 spiro atoms. The number of fused-ring (bicyclic) bond motifs is 2. The molecule has 0 atom stereocenters. The second-order valence-corrected chi connectivity index (χ2v) is 7.47. The lowest BCUT2D eigenvalue weighted by Crippen LogP contribution is -2.22. The minimum Gasteiger partial charge on any atom is -0.462 e. The van der Waals surface area contributed by atoms with Gasteiger partial charge < -0.3 is 9.47 Å². The quantitative estimate of drug-likeness (QED) is 0.401. The fraction of sp³-hybridized carbons (Fsp3) is 0.240. The van der Waals surface area contributed by atoms with Gasteiger partial charge in [0.1, 0.15) is 6.61 Å². The molecule has 0 N–H and O–H groups in total. The maximum Gasteiger partial charge on any atom is 0.340 e. The van der Waals surface area contributed by atoms with E-state index in [9.17, 15) is 14.4 Å². The first kappa shape index (κ1) is 22.1. The summed E-state index contributed by atoms with van der Waals surface area (Å²) in [4.78, 5) is 46.4. The molecule has 168 valence electrons. The van der Waals surface area contributed by atoms with Crippen molar-refractivity contribution in [3.63, 3.8) is 0 Å². The van der Waals surface area contributed by atoms with Gasteiger partial charge >= 0.3 is 11.9 Å². The molecule has 2 aromatic heterocycles. The SMILES string of the molecule is CCOC(=O)c1c(COC(=O)CCn2cnc3ccccc3c2=O)nc2ccccc2c1C. The molecule has 8 heteroatoms. The predicted octanol–water partition coefficient (Wildman–Crippen LogP) is 3.56. The Kier molecular flexibility index (Phi) is 6.44. The molecule has 2 heterocycles. The van der Waals surface area contributed by atoms with Crippen molar-refractivity contribution in [3.05, 3.63) is 82.0 Å². The maximum absolute atomic E-state index is 12.6. The van der Waals surface area contributed by atoms with E-state index in [4.69, 9.17) is 9.47 Å². The summed E-state index contributed by atoms with van der Waals surface area (Å²) in [6.45, 7) is 3.72. The summed E-state index contributed by atoms with van der Waals surface area (Å²) in [6.07, 6.45) is 1.40. The molecule has 0 unspecified atom stereocenters. The highest BCUT2D eigenvalue weighted by Gasteiger charge is 2.21. The lowest BCUT2D eigenvalue weighted by molar-refractivity contribution is -0.145. The van der Waals surface area contributed by atoms with Crippen molar-refractivity contribution in [1.29, 1.82) is 0 Å². The standard InChI is InChI=1S/C25H23N3O5/c1-3-32-25(31)23-16(2)17-8-4-7-11-20(17)27-21(23)14-33-22(29)12-13-28-15-26-19-10-6-5-9-18(19)24(28)30/h4-11,15H,3,12-14H2,1-2H3. The van der Waals surface area contributed by atoms with Crippen molar-refractivity contribution < 1.29 is 19.1 Å². The van der Waals surface area contributed by atoms with Crippen molar-refractivity contribution >= 4 is 33.7 Å². The van der Waals surface area contributed by atoms with Crippen LogP contribution < -0.4 is 5.56 Å². The molecule has 0 radical (unpaired) electrons. The van der Waals surface area contributed by atoms with Crippen LogP contribution in [-0.4, -0.2) is 33.1 Å². The molecule has 0 amide bonds. The molecule has 2 aromatic carbocycles. The Morgan fingerprint density at radius 1 is 0.970 bits per heavy atom. The van der Waals surface area contributed by atoms with Crippen LogP contribution in [0, 0.1) is 6.92 Å². The largest absolute Gasteiger partial charge is 0.462 e. The van der Waals surface area contributed by atoms with Gasteiger partial charge in [-0.2, -0.15) is 0 Å². The molecule has 0 fully saturated rings. The van der Waals surface area contributed by atoms with E-state index in [0.717, 1.165) is 10.9 Å². The third-order valence-corrected chi connectivity index (χ3v) is 5.36. The Morgan fingerprint density at radius 2 is 1.67 bits per heavy atom. The van der Waals surface area contributed by atoms with Crippen molar-refractivity contribution in [1.82, 2.24) is 14.5 Å². The van der Waals surface area contributed by atoms with Gasteiger partial charge in [-0.1, -0.05) is 30.3 Å². The van der Waals surface area contributed by atoms with Crippen LogP contribution in [0.3, 0.4) is 0 Å². The van der Waals surface area contributed by atoms with E-state index in [1.165, 1.54) is 10.9 Å². The summed E-state index contributed by atoms with van der Waals surface area (Å²) in [5, 5.41) is 1.32. The highest BCUT2D eigenvalue weighted by molar-refractivity contribution is 5.98. The first-order valence-electron chi connectivity index (χ1n) is 10.6. The summed E-state index contributed by atoms with van der Waals surface area (Å²) in [7, 11) is 0. The molecule has 0 aliphatic heterocycles. The molecule has 4 aromatic rings. The zero-order valence-corrected chi connectivity index (χ0v) is 18.4. The van der Waals surface area contributed by atoms with Crippen molar-refractivity contribution in [2.45, 2.75) is 33.4 Å². The normalized spacial score (nSPS) is 11.0. The number of aryl methyl sites for hydroxylation is 2. The molecule has 8 nitrogen and oxygen atoms in total. The fourth-order valence-electron chi connectivity index (χ4n) is 3.72. The molecular weight excluding hydrogens is 422 g/mol. The second kappa shape index (κ2) is 9.60. The minimum absolute atomic E-state index is 0.0266. The van der Waals surface area contributed by atoms with Gasteiger partial charge in [-0.05, 0) is 37.6 Å². The lowest BCUT2D eigenvalue weighted by atomic mass is 10.0. The summed E-state index contributed by atoms with van der Waals surface area (Å²) < 4.78 is 12.0. The Morgan fingerprint density at radius 3 is 2.42 bits per heavy atom. The van der Waals surface area contributed by atoms with Crippen LogP contribution in [0.5, 0.6) is 0 Å². The van der Waals surface area contributed by atoms with Gasteiger partial charge in [-0.15, -0.1) is 0 Å². The van der Waals surface area contributed by atoms with Crippen LogP contribution in [0.25, 0.3) is 21.8 Å². The number of nitrogens with zero attached hydrogens (tertiary/aromatic N) is 3. The maximum atomic E-state index is 12.6. The van der Waals surface area contributed by atoms with Gasteiger partial charge in [0.15, 0.2) is 0 Å². The Labute approximate surface area is 189 Å². The number of carbonyl (C=O) groups excluding carboxylic acids is 2. The highest BCUT2D eigenvalue weighted by Crippen LogP contribution is 2.24. The number of aromatic nitrogens is 3. The summed E-state index contributed by atoms with van der Waals surface area (Å²) in [5.74, 6) is -1.02. The topological polar surface area (TPSA) is 100 Å². The van der Waals surface area contributed by atoms with Crippen LogP contribution in [-0.2, 0) is 27.4 Å². The van der Waals surface area contributed by atoms with Gasteiger partial charge in [0.25, 0.3) is 5.56 Å². The van der Waals surface area contributed by atoms with Crippen LogP contribution >= 0.6 is 0 Å². The van der Waals surface area contributed by atoms with E-state index in [0.29, 0.717) is 27.7 Å². The monoisotopic (exact) mass is 445 g/mol. The highest BCUT2D eigenvalue weighted by atomic mass is 16.5. The number of hydrogen-bond acceptors (Lipinski definition) is 7. The molecule has 0 bridgehead atoms. The van der Waals surface area contributed by atoms with Crippen LogP contribution in [0.4, 0.5) is 0 Å². The third kappa shape index (κ3) is 4.59. The van der Waals surface area contributed by atoms with E-state index in [-0.39, 0.29) is 31.7 Å². The van der Waals surface area contributed by atoms with Gasteiger partial charge in [0.05, 0.1) is 47.0 Å². The minimum atomic E-state index is -0.516. The Balaban J connectivity index is 1.50. The fourth-order valence-corrected chi connectivity index (χ4v) is 3.72. The number of pyridine rings is 1. The zero-order valence-electron chi connectivity index (χ0n) is 18.4. The van der Waals surface area contributed by atoms with E-state index in [1.54, 1.807) is 25.1 Å². The van der Waals surface area contributed by atoms with Crippen molar-refractivity contribution in [2.75, 3.05) is 6.61 Å². The third-order valence-electron chi connectivity index (χ3n) is 5.36. The number of hydrogen-bond donors (Lipinski definition) is 0. The molecule has 4 rings (SSSR count). The van der Waals surface area contributed by atoms with Crippen LogP contribution in [0.15, 0.2) is 59.7 Å². The van der Waals surface area contributed by atoms with Crippen molar-refractivity contribution in [2.24, 2.45) is 0 Å². The average molecular weight is 445 g/mol. The summed E-state index contributed by atoms with van der Waals surface area (Å²) in [6, 6.07) is 14.5. The number of benzene rings is 2. The molecular formula is C25H23N3O5. The Bertz CT molecular complexity index is 1410. The van der Waals surface area contributed by atoms with Gasteiger partial charge in [-0.3, -0.25) is 14.2 Å². The molecule has 0 aliphatic rings.